The molecule has 0 aliphatic carbocycles. The van der Waals surface area contributed by atoms with Crippen molar-refractivity contribution in [1.29, 1.82) is 0 Å². The third-order valence-electron chi connectivity index (χ3n) is 2.32. The Kier molecular flexibility index (Phi) is 5.64. The van der Waals surface area contributed by atoms with Crippen LogP contribution < -0.4 is 0 Å². The summed E-state index contributed by atoms with van der Waals surface area (Å²) >= 11 is 0. The van der Waals surface area contributed by atoms with Crippen LogP contribution in [-0.2, 0) is 9.68 Å². The maximum Gasteiger partial charge on any atom is 0.135 e. The third-order valence-corrected chi connectivity index (χ3v) is 2.32. The zero-order chi connectivity index (χ0) is 13.4. The van der Waals surface area contributed by atoms with Gasteiger partial charge in [0, 0.05) is 0 Å². The zero-order valence-electron chi connectivity index (χ0n) is 11.0. The molecular weight excluding hydrogens is 228 g/mol. The normalized spacial score (nSPS) is 12.2. The van der Waals surface area contributed by atoms with E-state index >= 15 is 0 Å². The molecule has 0 aliphatic rings. The molecule has 0 spiro atoms. The van der Waals surface area contributed by atoms with E-state index in [1.807, 2.05) is 38.1 Å². The van der Waals surface area contributed by atoms with Crippen molar-refractivity contribution in [1.82, 2.24) is 0 Å². The van der Waals surface area contributed by atoms with E-state index in [2.05, 4.69) is 16.9 Å². The molecule has 0 N–H and O–H groups in total. The van der Waals surface area contributed by atoms with Gasteiger partial charge in [0.1, 0.15) is 13.7 Å². The maximum absolute atomic E-state index is 5.06. The number of benzene rings is 1. The summed E-state index contributed by atoms with van der Waals surface area (Å²) in [4.78, 5) is 9.82. The van der Waals surface area contributed by atoms with Crippen LogP contribution in [0.5, 0.6) is 0 Å². The SMILES string of the molecule is C=CCON=C(C)c1cccc(C(C)=NOC)c1. The Balaban J connectivity index is 2.91. The Bertz CT molecular complexity index is 465. The lowest BCUT2D eigenvalue weighted by molar-refractivity contribution is 0.175. The maximum atomic E-state index is 5.06. The fraction of sp³-hybridized carbons (Fsp3) is 0.286. The Morgan fingerprint density at radius 2 is 1.83 bits per heavy atom. The molecule has 0 atom stereocenters. The predicted octanol–water partition coefficient (Wildman–Crippen LogP) is 2.98. The molecule has 0 amide bonds. The van der Waals surface area contributed by atoms with Crippen molar-refractivity contribution < 1.29 is 9.68 Å². The van der Waals surface area contributed by atoms with E-state index in [0.29, 0.717) is 6.61 Å². The first-order valence-electron chi connectivity index (χ1n) is 5.65. The van der Waals surface area contributed by atoms with Crippen LogP contribution in [0.1, 0.15) is 25.0 Å². The Morgan fingerprint density at radius 1 is 1.22 bits per heavy atom. The summed E-state index contributed by atoms with van der Waals surface area (Å²) < 4.78 is 0. The van der Waals surface area contributed by atoms with Gasteiger partial charge in [-0.05, 0) is 31.0 Å². The van der Waals surface area contributed by atoms with Gasteiger partial charge in [-0.3, -0.25) is 0 Å². The average molecular weight is 246 g/mol. The molecule has 96 valence electrons. The van der Waals surface area contributed by atoms with Crippen molar-refractivity contribution >= 4 is 11.4 Å². The second-order valence-corrected chi connectivity index (χ2v) is 3.70. The monoisotopic (exact) mass is 246 g/mol. The molecule has 0 saturated carbocycles. The van der Waals surface area contributed by atoms with Crippen molar-refractivity contribution in [3.05, 3.63) is 48.0 Å². The van der Waals surface area contributed by atoms with Crippen LogP contribution in [-0.4, -0.2) is 25.1 Å². The van der Waals surface area contributed by atoms with E-state index in [1.165, 1.54) is 7.11 Å². The van der Waals surface area contributed by atoms with E-state index in [9.17, 15) is 0 Å². The number of rotatable bonds is 6. The number of hydrogen-bond donors (Lipinski definition) is 0. The fourth-order valence-corrected chi connectivity index (χ4v) is 1.40. The lowest BCUT2D eigenvalue weighted by atomic mass is 10.1. The fourth-order valence-electron chi connectivity index (χ4n) is 1.40. The van der Waals surface area contributed by atoms with Crippen LogP contribution >= 0.6 is 0 Å². The minimum absolute atomic E-state index is 0.404. The van der Waals surface area contributed by atoms with Gasteiger partial charge < -0.3 is 9.68 Å². The highest BCUT2D eigenvalue weighted by atomic mass is 16.6. The largest absolute Gasteiger partial charge is 0.399 e. The highest BCUT2D eigenvalue weighted by molar-refractivity contribution is 6.03. The quantitative estimate of drug-likeness (QED) is 0.335. The number of nitrogens with zero attached hydrogens (tertiary/aromatic N) is 2. The second kappa shape index (κ2) is 7.27. The molecular formula is C14H18N2O2. The van der Waals surface area contributed by atoms with E-state index in [-0.39, 0.29) is 0 Å². The molecule has 0 fully saturated rings. The van der Waals surface area contributed by atoms with Gasteiger partial charge in [0.25, 0.3) is 0 Å². The molecule has 0 unspecified atom stereocenters. The van der Waals surface area contributed by atoms with Gasteiger partial charge >= 0.3 is 0 Å². The van der Waals surface area contributed by atoms with Crippen LogP contribution in [0.4, 0.5) is 0 Å². The van der Waals surface area contributed by atoms with Crippen molar-refractivity contribution in [3.63, 3.8) is 0 Å². The third kappa shape index (κ3) is 4.05. The first kappa shape index (κ1) is 14.0. The molecule has 1 aromatic rings. The molecule has 0 aromatic heterocycles. The van der Waals surface area contributed by atoms with Crippen LogP contribution in [0.15, 0.2) is 47.2 Å². The summed E-state index contributed by atoms with van der Waals surface area (Å²) in [5, 5.41) is 7.91. The van der Waals surface area contributed by atoms with Crippen LogP contribution in [0, 0.1) is 0 Å². The van der Waals surface area contributed by atoms with Gasteiger partial charge in [-0.25, -0.2) is 0 Å². The standard InChI is InChI=1S/C14H18N2O2/c1-5-9-18-16-12(3)14-8-6-7-13(10-14)11(2)15-17-4/h5-8,10H,1,9H2,2-4H3. The zero-order valence-corrected chi connectivity index (χ0v) is 11.0. The second-order valence-electron chi connectivity index (χ2n) is 3.70. The molecule has 1 rings (SSSR count). The molecule has 0 aliphatic heterocycles. The lowest BCUT2D eigenvalue weighted by Crippen LogP contribution is -2.01. The molecule has 0 saturated heterocycles. The average Bonchev–Trinajstić information content (AvgIpc) is 2.39. The van der Waals surface area contributed by atoms with Crippen molar-refractivity contribution in [3.8, 4) is 0 Å². The summed E-state index contributed by atoms with van der Waals surface area (Å²) in [7, 11) is 1.53. The van der Waals surface area contributed by atoms with Crippen LogP contribution in [0.25, 0.3) is 0 Å². The van der Waals surface area contributed by atoms with Crippen molar-refractivity contribution in [2.24, 2.45) is 10.3 Å². The lowest BCUT2D eigenvalue weighted by Gasteiger charge is -2.04. The highest BCUT2D eigenvalue weighted by Gasteiger charge is 2.02. The predicted molar refractivity (Wildman–Crippen MR) is 74.0 cm³/mol. The van der Waals surface area contributed by atoms with Gasteiger partial charge in [-0.15, -0.1) is 0 Å². The van der Waals surface area contributed by atoms with Crippen molar-refractivity contribution in [2.75, 3.05) is 13.7 Å². The molecule has 4 nitrogen and oxygen atoms in total. The number of hydrogen-bond acceptors (Lipinski definition) is 4. The Labute approximate surface area is 108 Å². The number of oxime groups is 2. The van der Waals surface area contributed by atoms with E-state index in [1.54, 1.807) is 6.08 Å². The topological polar surface area (TPSA) is 43.2 Å². The highest BCUT2D eigenvalue weighted by Crippen LogP contribution is 2.08. The summed E-state index contributed by atoms with van der Waals surface area (Å²) in [5.74, 6) is 0. The Hall–Kier alpha value is -2.10. The summed E-state index contributed by atoms with van der Waals surface area (Å²) in [6.45, 7) is 7.75. The van der Waals surface area contributed by atoms with Gasteiger partial charge in [0.05, 0.1) is 11.4 Å². The van der Waals surface area contributed by atoms with Crippen LogP contribution in [0.3, 0.4) is 0 Å². The summed E-state index contributed by atoms with van der Waals surface area (Å²) in [6.07, 6.45) is 1.66. The first-order valence-corrected chi connectivity index (χ1v) is 5.65. The minimum atomic E-state index is 0.404. The molecule has 0 heterocycles. The molecule has 0 bridgehead atoms. The molecule has 4 heteroatoms. The smallest absolute Gasteiger partial charge is 0.135 e. The molecule has 0 radical (unpaired) electrons. The first-order chi connectivity index (χ1) is 8.69. The molecule has 18 heavy (non-hydrogen) atoms. The van der Waals surface area contributed by atoms with Gasteiger partial charge in [-0.2, -0.15) is 0 Å². The van der Waals surface area contributed by atoms with Crippen molar-refractivity contribution in [2.45, 2.75) is 13.8 Å². The Morgan fingerprint density at radius 3 is 2.39 bits per heavy atom. The van der Waals surface area contributed by atoms with E-state index in [0.717, 1.165) is 22.6 Å². The molecule has 1 aromatic carbocycles. The summed E-state index contributed by atoms with van der Waals surface area (Å²) in [5.41, 5.74) is 3.61. The van der Waals surface area contributed by atoms with Crippen LogP contribution in [0.2, 0.25) is 0 Å². The van der Waals surface area contributed by atoms with Gasteiger partial charge in [0.2, 0.25) is 0 Å². The minimum Gasteiger partial charge on any atom is -0.399 e. The van der Waals surface area contributed by atoms with Gasteiger partial charge in [-0.1, -0.05) is 41.2 Å². The summed E-state index contributed by atoms with van der Waals surface area (Å²) in [6, 6.07) is 7.89. The van der Waals surface area contributed by atoms with Gasteiger partial charge in [0.15, 0.2) is 0 Å². The van der Waals surface area contributed by atoms with E-state index in [4.69, 9.17) is 9.68 Å². The van der Waals surface area contributed by atoms with E-state index < -0.39 is 0 Å².